The highest BCUT2D eigenvalue weighted by molar-refractivity contribution is 5.13. The van der Waals surface area contributed by atoms with Crippen LogP contribution in [0.3, 0.4) is 0 Å². The lowest BCUT2D eigenvalue weighted by Crippen LogP contribution is -2.34. The molecule has 1 aliphatic carbocycles. The average molecular weight is 235 g/mol. The zero-order valence-corrected chi connectivity index (χ0v) is 9.89. The van der Waals surface area contributed by atoms with E-state index in [4.69, 9.17) is 0 Å². The van der Waals surface area contributed by atoms with Crippen molar-refractivity contribution in [1.29, 1.82) is 0 Å². The SMILES string of the molecule is Cc1cc(=O)n(C2CNCC2O)c(C2CC2)n1. The Morgan fingerprint density at radius 3 is 2.82 bits per heavy atom. The lowest BCUT2D eigenvalue weighted by atomic mass is 10.2. The second kappa shape index (κ2) is 3.92. The molecule has 1 saturated carbocycles. The predicted molar refractivity (Wildman–Crippen MR) is 63.1 cm³/mol. The molecular weight excluding hydrogens is 218 g/mol. The minimum absolute atomic E-state index is 0.0350. The van der Waals surface area contributed by atoms with Crippen LogP contribution in [0.4, 0.5) is 0 Å². The average Bonchev–Trinajstić information content (AvgIpc) is 3.02. The van der Waals surface area contributed by atoms with Crippen LogP contribution in [0.2, 0.25) is 0 Å². The van der Waals surface area contributed by atoms with E-state index in [1.54, 1.807) is 10.6 Å². The van der Waals surface area contributed by atoms with Crippen molar-refractivity contribution in [3.8, 4) is 0 Å². The first-order valence-corrected chi connectivity index (χ1v) is 6.15. The lowest BCUT2D eigenvalue weighted by Gasteiger charge is -2.20. The Labute approximate surface area is 99.5 Å². The van der Waals surface area contributed by atoms with Gasteiger partial charge in [-0.15, -0.1) is 0 Å². The standard InChI is InChI=1S/C12H17N3O2/c1-7-4-11(17)15(9-5-13-6-10(9)16)12(14-7)8-2-3-8/h4,8-10,13,16H,2-3,5-6H2,1H3. The number of β-amino-alcohol motifs (C(OH)–C–C–N with tert-alkyl or cyclic N) is 1. The van der Waals surface area contributed by atoms with Gasteiger partial charge >= 0.3 is 0 Å². The smallest absolute Gasteiger partial charge is 0.254 e. The van der Waals surface area contributed by atoms with Gasteiger partial charge in [0.05, 0.1) is 12.1 Å². The summed E-state index contributed by atoms with van der Waals surface area (Å²) in [7, 11) is 0. The summed E-state index contributed by atoms with van der Waals surface area (Å²) in [5, 5.41) is 13.0. The van der Waals surface area contributed by atoms with Crippen LogP contribution in [-0.4, -0.2) is 33.9 Å². The second-order valence-electron chi connectivity index (χ2n) is 5.03. The molecule has 0 spiro atoms. The van der Waals surface area contributed by atoms with Gasteiger partial charge in [-0.05, 0) is 19.8 Å². The van der Waals surface area contributed by atoms with Crippen LogP contribution >= 0.6 is 0 Å². The first-order chi connectivity index (χ1) is 8.16. The van der Waals surface area contributed by atoms with Gasteiger partial charge in [0.15, 0.2) is 0 Å². The number of nitrogens with one attached hydrogen (secondary N) is 1. The molecule has 2 unspecified atom stereocenters. The van der Waals surface area contributed by atoms with E-state index >= 15 is 0 Å². The molecule has 0 aromatic carbocycles. The van der Waals surface area contributed by atoms with E-state index < -0.39 is 6.10 Å². The van der Waals surface area contributed by atoms with Gasteiger partial charge in [0.25, 0.3) is 5.56 Å². The summed E-state index contributed by atoms with van der Waals surface area (Å²) in [4.78, 5) is 16.6. The molecule has 5 heteroatoms. The van der Waals surface area contributed by atoms with Crippen molar-refractivity contribution in [2.45, 2.75) is 37.8 Å². The Bertz CT molecular complexity index is 493. The van der Waals surface area contributed by atoms with Crippen molar-refractivity contribution in [2.75, 3.05) is 13.1 Å². The van der Waals surface area contributed by atoms with E-state index in [1.165, 1.54) is 0 Å². The maximum Gasteiger partial charge on any atom is 0.254 e. The van der Waals surface area contributed by atoms with Crippen molar-refractivity contribution < 1.29 is 5.11 Å². The molecule has 2 atom stereocenters. The Morgan fingerprint density at radius 1 is 1.47 bits per heavy atom. The first kappa shape index (κ1) is 10.9. The van der Waals surface area contributed by atoms with Gasteiger partial charge in [0.1, 0.15) is 5.82 Å². The number of nitrogens with zero attached hydrogens (tertiary/aromatic N) is 2. The van der Waals surface area contributed by atoms with E-state index in [1.807, 2.05) is 6.92 Å². The summed E-state index contributed by atoms with van der Waals surface area (Å²) >= 11 is 0. The zero-order chi connectivity index (χ0) is 12.0. The Balaban J connectivity index is 2.10. The third-order valence-corrected chi connectivity index (χ3v) is 3.53. The fourth-order valence-corrected chi connectivity index (χ4v) is 2.51. The second-order valence-corrected chi connectivity index (χ2v) is 5.03. The molecule has 2 fully saturated rings. The number of aliphatic hydroxyl groups excluding tert-OH is 1. The van der Waals surface area contributed by atoms with Gasteiger partial charge < -0.3 is 10.4 Å². The third kappa shape index (κ3) is 1.89. The molecule has 3 rings (SSSR count). The molecule has 17 heavy (non-hydrogen) atoms. The molecule has 1 saturated heterocycles. The number of hydrogen-bond donors (Lipinski definition) is 2. The number of aromatic nitrogens is 2. The topological polar surface area (TPSA) is 67.2 Å². The number of rotatable bonds is 2. The van der Waals surface area contributed by atoms with Gasteiger partial charge in [-0.1, -0.05) is 0 Å². The van der Waals surface area contributed by atoms with Crippen LogP contribution < -0.4 is 10.9 Å². The number of aliphatic hydroxyl groups is 1. The maximum absolute atomic E-state index is 12.1. The molecule has 0 radical (unpaired) electrons. The summed E-state index contributed by atoms with van der Waals surface area (Å²) in [6.45, 7) is 3.04. The highest BCUT2D eigenvalue weighted by Gasteiger charge is 2.34. The van der Waals surface area contributed by atoms with Crippen molar-refractivity contribution >= 4 is 0 Å². The minimum atomic E-state index is -0.491. The Kier molecular flexibility index (Phi) is 2.52. The fraction of sp³-hybridized carbons (Fsp3) is 0.667. The first-order valence-electron chi connectivity index (χ1n) is 6.15. The quantitative estimate of drug-likeness (QED) is 0.753. The van der Waals surface area contributed by atoms with Gasteiger partial charge in [-0.3, -0.25) is 9.36 Å². The molecule has 1 aliphatic heterocycles. The third-order valence-electron chi connectivity index (χ3n) is 3.53. The van der Waals surface area contributed by atoms with Crippen LogP contribution in [-0.2, 0) is 0 Å². The van der Waals surface area contributed by atoms with Gasteiger partial charge in [0.2, 0.25) is 0 Å². The van der Waals surface area contributed by atoms with Crippen molar-refractivity contribution in [1.82, 2.24) is 14.9 Å². The highest BCUT2D eigenvalue weighted by atomic mass is 16.3. The molecule has 2 aliphatic rings. The van der Waals surface area contributed by atoms with Crippen LogP contribution in [0.5, 0.6) is 0 Å². The van der Waals surface area contributed by atoms with E-state index in [-0.39, 0.29) is 11.6 Å². The van der Waals surface area contributed by atoms with Gasteiger partial charge in [-0.2, -0.15) is 0 Å². The van der Waals surface area contributed by atoms with Gasteiger partial charge in [0, 0.05) is 30.8 Å². The zero-order valence-electron chi connectivity index (χ0n) is 9.89. The molecule has 2 N–H and O–H groups in total. The normalized spacial score (nSPS) is 28.6. The Morgan fingerprint density at radius 2 is 2.24 bits per heavy atom. The Hall–Kier alpha value is -1.20. The molecule has 2 heterocycles. The number of hydrogen-bond acceptors (Lipinski definition) is 4. The van der Waals surface area contributed by atoms with Crippen molar-refractivity contribution in [2.24, 2.45) is 0 Å². The van der Waals surface area contributed by atoms with E-state index in [0.717, 1.165) is 24.4 Å². The van der Waals surface area contributed by atoms with Crippen molar-refractivity contribution in [3.05, 3.63) is 27.9 Å². The van der Waals surface area contributed by atoms with E-state index in [2.05, 4.69) is 10.3 Å². The number of aryl methyl sites for hydroxylation is 1. The van der Waals surface area contributed by atoms with Crippen LogP contribution in [0, 0.1) is 6.92 Å². The highest BCUT2D eigenvalue weighted by Crippen LogP contribution is 2.39. The van der Waals surface area contributed by atoms with Crippen LogP contribution in [0.1, 0.15) is 36.3 Å². The fourth-order valence-electron chi connectivity index (χ4n) is 2.51. The summed E-state index contributed by atoms with van der Waals surface area (Å²) in [6.07, 6.45) is 1.72. The molecule has 0 amide bonds. The van der Waals surface area contributed by atoms with Crippen LogP contribution in [0.15, 0.2) is 10.9 Å². The largest absolute Gasteiger partial charge is 0.390 e. The predicted octanol–water partition coefficient (Wildman–Crippen LogP) is -0.0657. The molecule has 5 nitrogen and oxygen atoms in total. The summed E-state index contributed by atoms with van der Waals surface area (Å²) < 4.78 is 1.70. The van der Waals surface area contributed by atoms with Crippen LogP contribution in [0.25, 0.3) is 0 Å². The molecule has 1 aromatic rings. The maximum atomic E-state index is 12.1. The molecule has 0 bridgehead atoms. The monoisotopic (exact) mass is 235 g/mol. The van der Waals surface area contributed by atoms with E-state index in [0.29, 0.717) is 19.0 Å². The van der Waals surface area contributed by atoms with Crippen molar-refractivity contribution in [3.63, 3.8) is 0 Å². The molecule has 92 valence electrons. The van der Waals surface area contributed by atoms with E-state index in [9.17, 15) is 9.90 Å². The van der Waals surface area contributed by atoms with Gasteiger partial charge in [-0.25, -0.2) is 4.98 Å². The summed E-state index contributed by atoms with van der Waals surface area (Å²) in [6, 6.07) is 1.39. The molecule has 1 aromatic heterocycles. The minimum Gasteiger partial charge on any atom is -0.390 e. The lowest BCUT2D eigenvalue weighted by molar-refractivity contribution is 0.147. The summed E-state index contributed by atoms with van der Waals surface area (Å²) in [5.74, 6) is 1.28. The molecular formula is C12H17N3O2. The summed E-state index contributed by atoms with van der Waals surface area (Å²) in [5.41, 5.74) is 0.737.